The first kappa shape index (κ1) is 20.3. The summed E-state index contributed by atoms with van der Waals surface area (Å²) in [7, 11) is 0. The molecule has 2 aromatic rings. The number of carbonyl (C=O) groups excluding carboxylic acids is 1. The second kappa shape index (κ2) is 10.2. The summed E-state index contributed by atoms with van der Waals surface area (Å²) in [6.07, 6.45) is 2.43. The summed E-state index contributed by atoms with van der Waals surface area (Å²) in [5, 5.41) is 13.1. The first-order valence-electron chi connectivity index (χ1n) is 8.71. The van der Waals surface area contributed by atoms with Crippen molar-refractivity contribution >= 4 is 21.8 Å². The molecule has 26 heavy (non-hydrogen) atoms. The highest BCUT2D eigenvalue weighted by atomic mass is 79.9. The highest BCUT2D eigenvalue weighted by Crippen LogP contribution is 2.32. The number of nitrogens with two attached hydrogens (primary N) is 1. The van der Waals surface area contributed by atoms with Gasteiger partial charge < -0.3 is 20.9 Å². The van der Waals surface area contributed by atoms with Gasteiger partial charge in [0.2, 0.25) is 0 Å². The summed E-state index contributed by atoms with van der Waals surface area (Å²) >= 11 is 3.40. The van der Waals surface area contributed by atoms with Crippen LogP contribution in [0.15, 0.2) is 46.9 Å². The topological polar surface area (TPSA) is 84.6 Å². The molecule has 5 nitrogen and oxygen atoms in total. The van der Waals surface area contributed by atoms with Crippen molar-refractivity contribution < 1.29 is 14.6 Å². The summed E-state index contributed by atoms with van der Waals surface area (Å²) in [6.45, 7) is 3.07. The zero-order valence-corrected chi connectivity index (χ0v) is 16.5. The number of benzene rings is 2. The molecule has 0 unspecified atom stereocenters. The number of unbranched alkanes of at least 4 members (excludes halogenated alkanes) is 1. The van der Waals surface area contributed by atoms with Crippen molar-refractivity contribution in [2.75, 3.05) is 13.2 Å². The number of halogens is 1. The Balaban J connectivity index is 1.98. The molecular weight excluding hydrogens is 396 g/mol. The van der Waals surface area contributed by atoms with Gasteiger partial charge in [0.1, 0.15) is 11.5 Å². The molecule has 0 heterocycles. The zero-order chi connectivity index (χ0) is 18.9. The minimum Gasteiger partial charge on any atom is -0.507 e. The monoisotopic (exact) mass is 420 g/mol. The van der Waals surface area contributed by atoms with Crippen LogP contribution in [-0.2, 0) is 6.42 Å². The van der Waals surface area contributed by atoms with Gasteiger partial charge in [0.25, 0.3) is 5.91 Å². The van der Waals surface area contributed by atoms with Gasteiger partial charge >= 0.3 is 0 Å². The van der Waals surface area contributed by atoms with E-state index < -0.39 is 0 Å². The minimum atomic E-state index is -0.318. The van der Waals surface area contributed by atoms with Gasteiger partial charge in [0.05, 0.1) is 16.6 Å². The summed E-state index contributed by atoms with van der Waals surface area (Å²) in [5.74, 6) is 0.0844. The van der Waals surface area contributed by atoms with Crippen LogP contribution in [0.5, 0.6) is 11.5 Å². The van der Waals surface area contributed by atoms with Crippen molar-refractivity contribution in [3.63, 3.8) is 0 Å². The maximum atomic E-state index is 12.5. The Hall–Kier alpha value is -2.05. The average molecular weight is 421 g/mol. The van der Waals surface area contributed by atoms with Crippen LogP contribution in [-0.4, -0.2) is 30.2 Å². The van der Waals surface area contributed by atoms with E-state index in [0.717, 1.165) is 24.8 Å². The number of hydrogen-bond acceptors (Lipinski definition) is 4. The molecule has 0 saturated carbocycles. The molecule has 6 heteroatoms. The largest absolute Gasteiger partial charge is 0.507 e. The van der Waals surface area contributed by atoms with Gasteiger partial charge in [0.15, 0.2) is 0 Å². The third-order valence-electron chi connectivity index (χ3n) is 3.91. The maximum Gasteiger partial charge on any atom is 0.255 e. The van der Waals surface area contributed by atoms with E-state index in [1.165, 1.54) is 6.07 Å². The number of aromatic hydroxyl groups is 1. The third-order valence-corrected chi connectivity index (χ3v) is 4.53. The molecule has 0 aliphatic rings. The van der Waals surface area contributed by atoms with E-state index in [9.17, 15) is 9.90 Å². The lowest BCUT2D eigenvalue weighted by Crippen LogP contribution is -2.34. The first-order chi connectivity index (χ1) is 12.5. The van der Waals surface area contributed by atoms with Gasteiger partial charge in [-0.05, 0) is 60.3 Å². The Bertz CT molecular complexity index is 722. The van der Waals surface area contributed by atoms with Crippen LogP contribution >= 0.6 is 15.9 Å². The molecule has 0 radical (unpaired) electrons. The van der Waals surface area contributed by atoms with Crippen LogP contribution in [0.4, 0.5) is 0 Å². The van der Waals surface area contributed by atoms with E-state index in [1.807, 2.05) is 37.3 Å². The number of hydrogen-bond donors (Lipinski definition) is 3. The lowest BCUT2D eigenvalue weighted by atomic mass is 10.1. The maximum absolute atomic E-state index is 12.5. The Morgan fingerprint density at radius 3 is 2.69 bits per heavy atom. The predicted octanol–water partition coefficient (Wildman–Crippen LogP) is 3.63. The van der Waals surface area contributed by atoms with Crippen LogP contribution in [0, 0.1) is 0 Å². The van der Waals surface area contributed by atoms with Gasteiger partial charge in [-0.15, -0.1) is 0 Å². The molecule has 0 fully saturated rings. The van der Waals surface area contributed by atoms with Gasteiger partial charge in [-0.1, -0.05) is 30.3 Å². The van der Waals surface area contributed by atoms with Crippen molar-refractivity contribution in [1.82, 2.24) is 5.32 Å². The van der Waals surface area contributed by atoms with Crippen LogP contribution in [0.25, 0.3) is 0 Å². The summed E-state index contributed by atoms with van der Waals surface area (Å²) in [4.78, 5) is 12.5. The number of phenols is 1. The quantitative estimate of drug-likeness (QED) is 0.540. The Morgan fingerprint density at radius 2 is 2.00 bits per heavy atom. The average Bonchev–Trinajstić information content (AvgIpc) is 2.61. The number of carbonyl (C=O) groups is 1. The minimum absolute atomic E-state index is 0.0599. The van der Waals surface area contributed by atoms with Crippen molar-refractivity contribution in [2.24, 2.45) is 5.73 Å². The molecular formula is C20H25BrN2O3. The van der Waals surface area contributed by atoms with Crippen molar-refractivity contribution in [1.29, 1.82) is 0 Å². The fourth-order valence-electron chi connectivity index (χ4n) is 2.58. The fourth-order valence-corrected chi connectivity index (χ4v) is 3.04. The van der Waals surface area contributed by atoms with Gasteiger partial charge in [0, 0.05) is 12.1 Å². The molecule has 0 saturated heterocycles. The van der Waals surface area contributed by atoms with Crippen molar-refractivity contribution in [3.8, 4) is 11.5 Å². The number of rotatable bonds is 9. The lowest BCUT2D eigenvalue weighted by Gasteiger charge is -2.16. The van der Waals surface area contributed by atoms with Crippen LogP contribution in [0.3, 0.4) is 0 Å². The van der Waals surface area contributed by atoms with Gasteiger partial charge in [-0.3, -0.25) is 4.79 Å². The number of nitrogens with one attached hydrogen (secondary N) is 1. The van der Waals surface area contributed by atoms with Crippen molar-refractivity contribution in [2.45, 2.75) is 32.2 Å². The normalized spacial score (nSPS) is 11.8. The Morgan fingerprint density at radius 1 is 1.27 bits per heavy atom. The van der Waals surface area contributed by atoms with Crippen LogP contribution < -0.4 is 15.8 Å². The molecule has 0 spiro atoms. The van der Waals surface area contributed by atoms with Gasteiger partial charge in [-0.25, -0.2) is 0 Å². The molecule has 0 aliphatic carbocycles. The van der Waals surface area contributed by atoms with E-state index >= 15 is 0 Å². The standard InChI is InChI=1S/C20H25BrN2O3/c1-14(11-15-7-3-2-4-8-15)23-20(25)16-12-17(21)19(13-18(16)24)26-10-6-5-9-22/h2-4,7-8,12-14,24H,5-6,9-11,22H2,1H3,(H,23,25)/t14-/m1/s1. The molecule has 0 aliphatic heterocycles. The molecule has 0 aromatic heterocycles. The molecule has 1 amide bonds. The molecule has 1 atom stereocenters. The second-order valence-electron chi connectivity index (χ2n) is 6.21. The Labute approximate surface area is 162 Å². The highest BCUT2D eigenvalue weighted by molar-refractivity contribution is 9.10. The number of phenolic OH excluding ortho intramolecular Hbond substituents is 1. The van der Waals surface area contributed by atoms with Gasteiger partial charge in [-0.2, -0.15) is 0 Å². The van der Waals surface area contributed by atoms with E-state index in [1.54, 1.807) is 6.07 Å². The van der Waals surface area contributed by atoms with Crippen LogP contribution in [0.2, 0.25) is 0 Å². The summed E-state index contributed by atoms with van der Waals surface area (Å²) in [6, 6.07) is 12.9. The summed E-state index contributed by atoms with van der Waals surface area (Å²) < 4.78 is 6.25. The molecule has 2 aromatic carbocycles. The second-order valence-corrected chi connectivity index (χ2v) is 7.06. The molecule has 140 valence electrons. The molecule has 2 rings (SSSR count). The number of ether oxygens (including phenoxy) is 1. The molecule has 0 bridgehead atoms. The van der Waals surface area contributed by atoms with E-state index in [0.29, 0.717) is 23.4 Å². The Kier molecular flexibility index (Phi) is 7.94. The zero-order valence-electron chi connectivity index (χ0n) is 14.9. The van der Waals surface area contributed by atoms with E-state index in [2.05, 4.69) is 21.2 Å². The smallest absolute Gasteiger partial charge is 0.255 e. The highest BCUT2D eigenvalue weighted by Gasteiger charge is 2.17. The first-order valence-corrected chi connectivity index (χ1v) is 9.50. The predicted molar refractivity (Wildman–Crippen MR) is 107 cm³/mol. The van der Waals surface area contributed by atoms with Crippen LogP contribution in [0.1, 0.15) is 35.7 Å². The summed E-state index contributed by atoms with van der Waals surface area (Å²) in [5.41, 5.74) is 6.81. The SMILES string of the molecule is C[C@H](Cc1ccccc1)NC(=O)c1cc(Br)c(OCCCCN)cc1O. The van der Waals surface area contributed by atoms with Crippen molar-refractivity contribution in [3.05, 3.63) is 58.1 Å². The fraction of sp³-hybridized carbons (Fsp3) is 0.350. The van der Waals surface area contributed by atoms with E-state index in [4.69, 9.17) is 10.5 Å². The van der Waals surface area contributed by atoms with E-state index in [-0.39, 0.29) is 23.3 Å². The number of amides is 1. The molecule has 4 N–H and O–H groups in total. The lowest BCUT2D eigenvalue weighted by molar-refractivity contribution is 0.0937. The third kappa shape index (κ3) is 6.04.